The summed E-state index contributed by atoms with van der Waals surface area (Å²) in [5.74, 6) is 0. The minimum atomic E-state index is 0.651. The van der Waals surface area contributed by atoms with Gasteiger partial charge in [0, 0.05) is 12.6 Å². The van der Waals surface area contributed by atoms with Crippen molar-refractivity contribution in [3.8, 4) is 0 Å². The van der Waals surface area contributed by atoms with Gasteiger partial charge in [-0.15, -0.1) is 0 Å². The fraction of sp³-hybridized carbons (Fsp3) is 1.00. The van der Waals surface area contributed by atoms with E-state index in [-0.39, 0.29) is 0 Å². The number of likely N-dealkylation sites (tertiary alicyclic amines) is 1. The van der Waals surface area contributed by atoms with E-state index in [0.29, 0.717) is 5.41 Å². The number of hydrogen-bond acceptors (Lipinski definition) is 2. The first-order valence-corrected chi connectivity index (χ1v) is 7.66. The predicted octanol–water partition coefficient (Wildman–Crippen LogP) is 3.03. The molecule has 1 unspecified atom stereocenters. The Hall–Kier alpha value is -0.0800. The highest BCUT2D eigenvalue weighted by molar-refractivity contribution is 4.87. The average Bonchev–Trinajstić information content (AvgIpc) is 2.72. The molecule has 0 aromatic carbocycles. The van der Waals surface area contributed by atoms with E-state index >= 15 is 0 Å². The molecular formula is C15H30N2. The summed E-state index contributed by atoms with van der Waals surface area (Å²) in [6.07, 6.45) is 11.3. The molecule has 1 aliphatic carbocycles. The topological polar surface area (TPSA) is 15.3 Å². The maximum Gasteiger partial charge on any atom is 0.00799 e. The summed E-state index contributed by atoms with van der Waals surface area (Å²) < 4.78 is 0. The molecule has 1 N–H and O–H groups in total. The lowest BCUT2D eigenvalue weighted by atomic mass is 9.83. The van der Waals surface area contributed by atoms with Gasteiger partial charge in [0.05, 0.1) is 0 Å². The van der Waals surface area contributed by atoms with E-state index in [4.69, 9.17) is 0 Å². The second-order valence-corrected chi connectivity index (χ2v) is 6.37. The second-order valence-electron chi connectivity index (χ2n) is 6.37. The molecule has 0 spiro atoms. The fourth-order valence-corrected chi connectivity index (χ4v) is 3.59. The van der Waals surface area contributed by atoms with Crippen LogP contribution in [-0.2, 0) is 0 Å². The first kappa shape index (κ1) is 13.4. The van der Waals surface area contributed by atoms with Gasteiger partial charge < -0.3 is 10.2 Å². The van der Waals surface area contributed by atoms with Crippen molar-refractivity contribution < 1.29 is 0 Å². The Morgan fingerprint density at radius 3 is 2.59 bits per heavy atom. The first-order chi connectivity index (χ1) is 8.24. The molecule has 0 bridgehead atoms. The highest BCUT2D eigenvalue weighted by atomic mass is 15.1. The number of hydrogen-bond donors (Lipinski definition) is 1. The Morgan fingerprint density at radius 1 is 1.12 bits per heavy atom. The van der Waals surface area contributed by atoms with Crippen LogP contribution in [0, 0.1) is 5.41 Å². The molecule has 0 amide bonds. The zero-order valence-corrected chi connectivity index (χ0v) is 11.8. The third-order valence-corrected chi connectivity index (χ3v) is 5.13. The van der Waals surface area contributed by atoms with Crippen molar-refractivity contribution in [3.63, 3.8) is 0 Å². The molecule has 1 saturated carbocycles. The third-order valence-electron chi connectivity index (χ3n) is 5.13. The lowest BCUT2D eigenvalue weighted by Crippen LogP contribution is -2.38. The van der Waals surface area contributed by atoms with Gasteiger partial charge in [-0.25, -0.2) is 0 Å². The molecule has 2 nitrogen and oxygen atoms in total. The van der Waals surface area contributed by atoms with Crippen molar-refractivity contribution >= 4 is 0 Å². The molecule has 0 aromatic heterocycles. The summed E-state index contributed by atoms with van der Waals surface area (Å²) in [6.45, 7) is 6.22. The van der Waals surface area contributed by atoms with E-state index in [9.17, 15) is 0 Å². The Labute approximate surface area is 107 Å². The van der Waals surface area contributed by atoms with Crippen molar-refractivity contribution in [2.45, 2.75) is 64.3 Å². The quantitative estimate of drug-likeness (QED) is 0.810. The summed E-state index contributed by atoms with van der Waals surface area (Å²) in [5, 5.41) is 3.89. The molecule has 2 fully saturated rings. The van der Waals surface area contributed by atoms with E-state index in [0.717, 1.165) is 6.04 Å². The van der Waals surface area contributed by atoms with Crippen molar-refractivity contribution in [1.29, 1.82) is 0 Å². The molecule has 0 aromatic rings. The molecule has 1 atom stereocenters. The third kappa shape index (κ3) is 3.69. The maximum absolute atomic E-state index is 3.89. The monoisotopic (exact) mass is 238 g/mol. The minimum Gasteiger partial charge on any atom is -0.313 e. The average molecular weight is 238 g/mol. The van der Waals surface area contributed by atoms with Crippen molar-refractivity contribution in [3.05, 3.63) is 0 Å². The van der Waals surface area contributed by atoms with E-state index in [1.165, 1.54) is 71.0 Å². The maximum atomic E-state index is 3.89. The smallest absolute Gasteiger partial charge is 0.00799 e. The SMILES string of the molecule is CCC1(CNC2CCCN(C)CC2)CCCC1. The predicted molar refractivity (Wildman–Crippen MR) is 74.3 cm³/mol. The number of nitrogens with zero attached hydrogens (tertiary/aromatic N) is 1. The minimum absolute atomic E-state index is 0.651. The van der Waals surface area contributed by atoms with E-state index in [1.807, 2.05) is 0 Å². The van der Waals surface area contributed by atoms with Crippen LogP contribution in [0.1, 0.15) is 58.3 Å². The molecular weight excluding hydrogens is 208 g/mol. The van der Waals surface area contributed by atoms with Crippen LogP contribution in [0.4, 0.5) is 0 Å². The van der Waals surface area contributed by atoms with Crippen LogP contribution < -0.4 is 5.32 Å². The molecule has 17 heavy (non-hydrogen) atoms. The normalized spacial score (nSPS) is 30.4. The molecule has 2 heteroatoms. The van der Waals surface area contributed by atoms with E-state index in [2.05, 4.69) is 24.2 Å². The lowest BCUT2D eigenvalue weighted by Gasteiger charge is -2.30. The number of rotatable bonds is 4. The standard InChI is InChI=1S/C15H30N2/c1-3-15(9-4-5-10-15)13-16-14-7-6-11-17(2)12-8-14/h14,16H,3-13H2,1-2H3. The van der Waals surface area contributed by atoms with Crippen LogP contribution in [0.2, 0.25) is 0 Å². The summed E-state index contributed by atoms with van der Waals surface area (Å²) in [7, 11) is 2.26. The van der Waals surface area contributed by atoms with Gasteiger partial charge in [0.2, 0.25) is 0 Å². The second kappa shape index (κ2) is 6.19. The van der Waals surface area contributed by atoms with Gasteiger partial charge in [0.15, 0.2) is 0 Å². The molecule has 1 aliphatic heterocycles. The summed E-state index contributed by atoms with van der Waals surface area (Å²) in [6, 6.07) is 0.781. The van der Waals surface area contributed by atoms with Gasteiger partial charge >= 0.3 is 0 Å². The van der Waals surface area contributed by atoms with Gasteiger partial charge in [-0.05, 0) is 64.1 Å². The van der Waals surface area contributed by atoms with Crippen molar-refractivity contribution in [2.75, 3.05) is 26.7 Å². The zero-order chi connectivity index (χ0) is 12.1. The van der Waals surface area contributed by atoms with Crippen LogP contribution in [-0.4, -0.2) is 37.6 Å². The Balaban J connectivity index is 1.76. The highest BCUT2D eigenvalue weighted by Gasteiger charge is 2.32. The van der Waals surface area contributed by atoms with Crippen LogP contribution in [0.5, 0.6) is 0 Å². The lowest BCUT2D eigenvalue weighted by molar-refractivity contribution is 0.249. The van der Waals surface area contributed by atoms with Crippen LogP contribution >= 0.6 is 0 Å². The summed E-state index contributed by atoms with van der Waals surface area (Å²) in [5.41, 5.74) is 0.651. The zero-order valence-electron chi connectivity index (χ0n) is 11.8. The van der Waals surface area contributed by atoms with E-state index < -0.39 is 0 Å². The fourth-order valence-electron chi connectivity index (χ4n) is 3.59. The Bertz CT molecular complexity index is 221. The van der Waals surface area contributed by atoms with Gasteiger partial charge in [0.25, 0.3) is 0 Å². The molecule has 2 rings (SSSR count). The first-order valence-electron chi connectivity index (χ1n) is 7.66. The van der Waals surface area contributed by atoms with Crippen molar-refractivity contribution in [2.24, 2.45) is 5.41 Å². The molecule has 0 radical (unpaired) electrons. The van der Waals surface area contributed by atoms with Gasteiger partial charge in [0.1, 0.15) is 0 Å². The number of nitrogens with one attached hydrogen (secondary N) is 1. The summed E-state index contributed by atoms with van der Waals surface area (Å²) >= 11 is 0. The van der Waals surface area contributed by atoms with E-state index in [1.54, 1.807) is 0 Å². The molecule has 1 saturated heterocycles. The van der Waals surface area contributed by atoms with Gasteiger partial charge in [-0.3, -0.25) is 0 Å². The van der Waals surface area contributed by atoms with Crippen molar-refractivity contribution in [1.82, 2.24) is 10.2 Å². The Kier molecular flexibility index (Phi) is 4.87. The molecule has 100 valence electrons. The molecule has 1 heterocycles. The highest BCUT2D eigenvalue weighted by Crippen LogP contribution is 2.40. The van der Waals surface area contributed by atoms with Crippen LogP contribution in [0.25, 0.3) is 0 Å². The van der Waals surface area contributed by atoms with Crippen LogP contribution in [0.3, 0.4) is 0 Å². The van der Waals surface area contributed by atoms with Crippen LogP contribution in [0.15, 0.2) is 0 Å². The largest absolute Gasteiger partial charge is 0.313 e. The Morgan fingerprint density at radius 2 is 1.88 bits per heavy atom. The molecule has 2 aliphatic rings. The van der Waals surface area contributed by atoms with Gasteiger partial charge in [-0.1, -0.05) is 19.8 Å². The summed E-state index contributed by atoms with van der Waals surface area (Å²) in [4.78, 5) is 2.48. The van der Waals surface area contributed by atoms with Gasteiger partial charge in [-0.2, -0.15) is 0 Å².